The molecule has 1 saturated heterocycles. The fraction of sp³-hybridized carbons (Fsp3) is 1.00. The Bertz CT molecular complexity index is 696. The standard InChI is InChI=1S/C7H18OSi.C6H12O.C5H12O2.2C5H12O.C5H14Si.2C5H12.C4H12Si.C4H10.C3H8O.2C2H6/c1-5-8-6-7-9(2,3)4;1-6-4-2-3-5-7-6;1-3-7-5-4-6-2;1-5(2,3)6-4;1-4-6-5(2)3;1-5-6(2,3)4;3*1-5(2,3)4;1-4(2)3;1-3-4-2;2*1-2/h5-7H2,1-4H3;6H,2-5H2,1H3;3-5H2,1-2H3;1-4H3;5H,4H2,1-3H3;5H2,1-4H3;3*1-4H3;4H,1-3H3;3H2,1-2H3;2*1-2H3. The van der Waals surface area contributed by atoms with Crippen molar-refractivity contribution in [3.8, 4) is 0 Å². The fourth-order valence-electron chi connectivity index (χ4n) is 2.04. The van der Waals surface area contributed by atoms with Gasteiger partial charge in [0, 0.05) is 85.2 Å². The number of hydrogen-bond donors (Lipinski definition) is 0. The van der Waals surface area contributed by atoms with Gasteiger partial charge in [0.2, 0.25) is 0 Å². The van der Waals surface area contributed by atoms with E-state index >= 15 is 0 Å². The zero-order valence-electron chi connectivity index (χ0n) is 55.8. The molecule has 0 amide bonds. The molecule has 0 aromatic rings. The van der Waals surface area contributed by atoms with E-state index in [1.165, 1.54) is 31.4 Å². The van der Waals surface area contributed by atoms with E-state index in [1.807, 2.05) is 90.0 Å². The van der Waals surface area contributed by atoms with E-state index in [0.29, 0.717) is 36.3 Å². The lowest BCUT2D eigenvalue weighted by Gasteiger charge is -2.17. The number of methoxy groups -OCH3 is 3. The van der Waals surface area contributed by atoms with Crippen LogP contribution in [0, 0.1) is 16.7 Å². The monoisotopic (exact) mass is 1040 g/mol. The van der Waals surface area contributed by atoms with Crippen molar-refractivity contribution in [2.45, 2.75) is 295 Å². The summed E-state index contributed by atoms with van der Waals surface area (Å²) >= 11 is 0. The van der Waals surface area contributed by atoms with E-state index in [0.717, 1.165) is 45.6 Å². The van der Waals surface area contributed by atoms with Gasteiger partial charge in [-0.1, -0.05) is 182 Å². The maximum absolute atomic E-state index is 5.28. The van der Waals surface area contributed by atoms with Crippen molar-refractivity contribution >= 4 is 24.2 Å². The van der Waals surface area contributed by atoms with Gasteiger partial charge in [-0.25, -0.2) is 0 Å². The average molecular weight is 1040 g/mol. The summed E-state index contributed by atoms with van der Waals surface area (Å²) in [6.07, 6.45) is 4.83. The molecule has 0 aliphatic carbocycles. The van der Waals surface area contributed by atoms with Crippen molar-refractivity contribution in [1.29, 1.82) is 0 Å². The molecule has 0 radical (unpaired) electrons. The van der Waals surface area contributed by atoms with E-state index < -0.39 is 24.2 Å². The summed E-state index contributed by atoms with van der Waals surface area (Å²) in [6.45, 7) is 84.7. The van der Waals surface area contributed by atoms with Crippen LogP contribution in [0.2, 0.25) is 77.6 Å². The Morgan fingerprint density at radius 2 is 0.809 bits per heavy atom. The molecule has 0 spiro atoms. The molecule has 10 heteroatoms. The van der Waals surface area contributed by atoms with Crippen LogP contribution >= 0.6 is 0 Å². The van der Waals surface area contributed by atoms with Gasteiger partial charge in [-0.2, -0.15) is 0 Å². The molecule has 0 aromatic heterocycles. The van der Waals surface area contributed by atoms with E-state index in [2.05, 4.69) is 160 Å². The highest BCUT2D eigenvalue weighted by molar-refractivity contribution is 6.76. The molecule has 0 saturated carbocycles. The van der Waals surface area contributed by atoms with Crippen molar-refractivity contribution in [2.75, 3.05) is 74.2 Å². The van der Waals surface area contributed by atoms with E-state index in [4.69, 9.17) is 28.4 Å². The second-order valence-electron chi connectivity index (χ2n) is 24.9. The first-order chi connectivity index (χ1) is 30.4. The van der Waals surface area contributed by atoms with Crippen LogP contribution in [-0.4, -0.2) is 116 Å². The van der Waals surface area contributed by atoms with Crippen LogP contribution in [0.4, 0.5) is 0 Å². The normalized spacial score (nSPS) is 12.8. The summed E-state index contributed by atoms with van der Waals surface area (Å²) in [5.74, 6) is 0.833. The van der Waals surface area contributed by atoms with E-state index in [-0.39, 0.29) is 5.60 Å². The van der Waals surface area contributed by atoms with Gasteiger partial charge in [-0.3, -0.25) is 0 Å². The minimum atomic E-state index is -0.819. The zero-order valence-corrected chi connectivity index (χ0v) is 58.8. The van der Waals surface area contributed by atoms with Crippen LogP contribution in [0.1, 0.15) is 199 Å². The molecule has 1 aliphatic heterocycles. The third kappa shape index (κ3) is 352. The molecule has 1 rings (SSSR count). The Balaban J connectivity index is -0.0000000507. The summed E-state index contributed by atoms with van der Waals surface area (Å²) in [6, 6.07) is 2.70. The average Bonchev–Trinajstić information content (AvgIpc) is 3.15. The topological polar surface area (TPSA) is 64.6 Å². The van der Waals surface area contributed by atoms with Crippen molar-refractivity contribution in [3.63, 3.8) is 0 Å². The van der Waals surface area contributed by atoms with Gasteiger partial charge in [-0.05, 0) is 111 Å². The zero-order chi connectivity index (χ0) is 57.9. The highest BCUT2D eigenvalue weighted by atomic mass is 28.3. The van der Waals surface area contributed by atoms with Gasteiger partial charge >= 0.3 is 0 Å². The third-order valence-corrected chi connectivity index (χ3v) is 9.53. The molecule has 1 atom stereocenters. The molecule has 7 nitrogen and oxygen atoms in total. The molecular weight excluding hydrogens is 893 g/mol. The molecule has 1 unspecified atom stereocenters. The highest BCUT2D eigenvalue weighted by Crippen LogP contribution is 2.11. The SMILES string of the molecule is CC.CC.CC(C)(C)C.CC(C)(C)C.CC(C)C.CC1CCCCO1.CCOC.CCOC(C)C.CCOCCOC.CCOCC[Si](C)(C)C.CC[Si](C)(C)C.COC(C)(C)C.C[Si](C)(C)C. The molecule has 68 heavy (non-hydrogen) atoms. The van der Waals surface area contributed by atoms with Gasteiger partial charge in [0.15, 0.2) is 0 Å². The summed E-state index contributed by atoms with van der Waals surface area (Å²) in [5.41, 5.74) is 1.04. The number of hydrogen-bond acceptors (Lipinski definition) is 7. The Morgan fingerprint density at radius 1 is 0.515 bits per heavy atom. The van der Waals surface area contributed by atoms with Gasteiger partial charge in [0.05, 0.1) is 31.0 Å². The van der Waals surface area contributed by atoms with Crippen LogP contribution in [-0.2, 0) is 33.2 Å². The van der Waals surface area contributed by atoms with E-state index in [9.17, 15) is 0 Å². The van der Waals surface area contributed by atoms with E-state index in [1.54, 1.807) is 21.3 Å². The third-order valence-electron chi connectivity index (χ3n) is 5.71. The lowest BCUT2D eigenvalue weighted by molar-refractivity contribution is 0.0285. The molecule has 1 heterocycles. The van der Waals surface area contributed by atoms with Gasteiger partial charge in [0.25, 0.3) is 0 Å². The largest absolute Gasteiger partial charge is 0.385 e. The van der Waals surface area contributed by atoms with Crippen LogP contribution < -0.4 is 0 Å². The van der Waals surface area contributed by atoms with Crippen LogP contribution in [0.15, 0.2) is 0 Å². The lowest BCUT2D eigenvalue weighted by atomic mass is 10.0. The maximum Gasteiger partial charge on any atom is 0.0700 e. The molecular formula is C58H146O7Si3. The van der Waals surface area contributed by atoms with Gasteiger partial charge < -0.3 is 33.2 Å². The second-order valence-corrected chi connectivity index (χ2v) is 42.4. The van der Waals surface area contributed by atoms with Crippen LogP contribution in [0.5, 0.6) is 0 Å². The molecule has 0 aromatic carbocycles. The fourth-order valence-corrected chi connectivity index (χ4v) is 2.80. The molecule has 1 fully saturated rings. The summed E-state index contributed by atoms with van der Waals surface area (Å²) in [5, 5.41) is 0. The maximum atomic E-state index is 5.28. The Labute approximate surface area is 441 Å². The molecule has 0 bridgehead atoms. The summed E-state index contributed by atoms with van der Waals surface area (Å²) in [7, 11) is 2.99. The quantitative estimate of drug-likeness (QED) is 0.143. The first-order valence-electron chi connectivity index (χ1n) is 27.3. The number of rotatable bonds is 12. The molecule has 0 N–H and O–H groups in total. The molecule has 432 valence electrons. The van der Waals surface area contributed by atoms with Gasteiger partial charge in [-0.15, -0.1) is 0 Å². The second kappa shape index (κ2) is 69.4. The van der Waals surface area contributed by atoms with Crippen molar-refractivity contribution in [3.05, 3.63) is 0 Å². The summed E-state index contributed by atoms with van der Waals surface area (Å²) in [4.78, 5) is 0. The summed E-state index contributed by atoms with van der Waals surface area (Å²) < 4.78 is 34.7. The first-order valence-corrected chi connectivity index (χ1v) is 38.7. The predicted molar refractivity (Wildman–Crippen MR) is 330 cm³/mol. The Hall–Kier alpha value is 0.371. The molecule has 1 aliphatic rings. The Morgan fingerprint density at radius 3 is 0.926 bits per heavy atom. The predicted octanol–water partition coefficient (Wildman–Crippen LogP) is 20.2. The smallest absolute Gasteiger partial charge is 0.0700 e. The van der Waals surface area contributed by atoms with Gasteiger partial charge in [0.1, 0.15) is 0 Å². The van der Waals surface area contributed by atoms with Crippen molar-refractivity contribution in [2.24, 2.45) is 16.7 Å². The number of ether oxygens (including phenoxy) is 7. The van der Waals surface area contributed by atoms with Crippen LogP contribution in [0.3, 0.4) is 0 Å². The minimum absolute atomic E-state index is 0.0417. The van der Waals surface area contributed by atoms with Crippen molar-refractivity contribution in [1.82, 2.24) is 0 Å². The lowest BCUT2D eigenvalue weighted by Crippen LogP contribution is -2.21. The Kier molecular flexibility index (Phi) is 99.7. The highest BCUT2D eigenvalue weighted by Gasteiger charge is 2.11. The van der Waals surface area contributed by atoms with Crippen molar-refractivity contribution < 1.29 is 33.2 Å². The van der Waals surface area contributed by atoms with Crippen LogP contribution in [0.25, 0.3) is 0 Å². The minimum Gasteiger partial charge on any atom is -0.385 e. The first kappa shape index (κ1) is 97.7.